The van der Waals surface area contributed by atoms with Crippen molar-refractivity contribution >= 4 is 17.4 Å². The molecule has 7 heteroatoms. The maximum atomic E-state index is 13.1. The molecule has 0 unspecified atom stereocenters. The van der Waals surface area contributed by atoms with Crippen LogP contribution in [0.1, 0.15) is 30.8 Å². The molecule has 1 aromatic heterocycles. The zero-order valence-electron chi connectivity index (χ0n) is 13.4. The molecule has 1 aromatic carbocycles. The summed E-state index contributed by atoms with van der Waals surface area (Å²) >= 11 is 1.56. The first-order chi connectivity index (χ1) is 11.6. The van der Waals surface area contributed by atoms with Gasteiger partial charge in [0.15, 0.2) is 0 Å². The highest BCUT2D eigenvalue weighted by molar-refractivity contribution is 7.09. The maximum absolute atomic E-state index is 13.1. The average molecular weight is 349 g/mol. The summed E-state index contributed by atoms with van der Waals surface area (Å²) in [4.78, 5) is 16.5. The minimum absolute atomic E-state index is 0.0265. The number of nitrogens with zero attached hydrogens (tertiary/aromatic N) is 1. The first-order valence-corrected chi connectivity index (χ1v) is 8.84. The van der Waals surface area contributed by atoms with Crippen LogP contribution >= 0.6 is 11.3 Å². The van der Waals surface area contributed by atoms with Crippen LogP contribution < -0.4 is 15.4 Å². The molecule has 2 aromatic rings. The van der Waals surface area contributed by atoms with Gasteiger partial charge >= 0.3 is 6.03 Å². The molecule has 0 bridgehead atoms. The highest BCUT2D eigenvalue weighted by Crippen LogP contribution is 2.41. The predicted octanol–water partition coefficient (Wildman–Crippen LogP) is 3.50. The summed E-state index contributed by atoms with van der Waals surface area (Å²) in [7, 11) is 0. The monoisotopic (exact) mass is 349 g/mol. The van der Waals surface area contributed by atoms with Gasteiger partial charge in [0.2, 0.25) is 0 Å². The first-order valence-electron chi connectivity index (χ1n) is 7.96. The predicted molar refractivity (Wildman–Crippen MR) is 90.6 cm³/mol. The van der Waals surface area contributed by atoms with Crippen molar-refractivity contribution in [2.45, 2.75) is 31.8 Å². The number of urea groups is 1. The van der Waals surface area contributed by atoms with Crippen LogP contribution in [0.5, 0.6) is 5.75 Å². The molecule has 2 atom stereocenters. The number of halogens is 1. The van der Waals surface area contributed by atoms with Gasteiger partial charge in [0.05, 0.1) is 12.1 Å². The lowest BCUT2D eigenvalue weighted by Crippen LogP contribution is -2.45. The van der Waals surface area contributed by atoms with Crippen molar-refractivity contribution in [1.29, 1.82) is 0 Å². The molecule has 0 aliphatic heterocycles. The SMILES string of the molecule is C[C@@H](COc1cccc(F)c1)NC(=O)N[C@@H](c1nccs1)C1CC1. The number of hydrogen-bond donors (Lipinski definition) is 2. The highest BCUT2D eigenvalue weighted by Gasteiger charge is 2.35. The number of hydrogen-bond acceptors (Lipinski definition) is 4. The zero-order chi connectivity index (χ0) is 16.9. The molecule has 24 heavy (non-hydrogen) atoms. The molecule has 1 saturated carbocycles. The van der Waals surface area contributed by atoms with E-state index in [0.29, 0.717) is 11.7 Å². The number of benzene rings is 1. The standard InChI is InChI=1S/C17H20FN3O2S/c1-11(10-23-14-4-2-3-13(18)9-14)20-17(22)21-15(12-5-6-12)16-19-7-8-24-16/h2-4,7-9,11-12,15H,5-6,10H2,1H3,(H2,20,21,22)/t11-,15+/m0/s1. The van der Waals surface area contributed by atoms with Crippen LogP contribution in [0.25, 0.3) is 0 Å². The Hall–Kier alpha value is -2.15. The molecule has 1 heterocycles. The van der Waals surface area contributed by atoms with E-state index in [4.69, 9.17) is 4.74 Å². The fourth-order valence-electron chi connectivity index (χ4n) is 2.43. The Labute approximate surface area is 144 Å². The van der Waals surface area contributed by atoms with Crippen molar-refractivity contribution in [3.63, 3.8) is 0 Å². The number of rotatable bonds is 7. The lowest BCUT2D eigenvalue weighted by atomic mass is 10.2. The van der Waals surface area contributed by atoms with Crippen LogP contribution in [0.2, 0.25) is 0 Å². The average Bonchev–Trinajstić information content (AvgIpc) is 3.25. The van der Waals surface area contributed by atoms with Crippen LogP contribution in [-0.4, -0.2) is 23.7 Å². The molecule has 2 N–H and O–H groups in total. The molecular weight excluding hydrogens is 329 g/mol. The van der Waals surface area contributed by atoms with Gasteiger partial charge in [-0.2, -0.15) is 0 Å². The molecule has 0 radical (unpaired) electrons. The molecule has 1 fully saturated rings. The zero-order valence-corrected chi connectivity index (χ0v) is 14.2. The van der Waals surface area contributed by atoms with Gasteiger partial charge in [0.25, 0.3) is 0 Å². The van der Waals surface area contributed by atoms with Crippen LogP contribution in [0, 0.1) is 11.7 Å². The van der Waals surface area contributed by atoms with Gasteiger partial charge in [-0.25, -0.2) is 14.2 Å². The minimum atomic E-state index is -0.346. The number of aromatic nitrogens is 1. The topological polar surface area (TPSA) is 63.2 Å². The quantitative estimate of drug-likeness (QED) is 0.804. The van der Waals surface area contributed by atoms with Crippen LogP contribution in [0.15, 0.2) is 35.8 Å². The Morgan fingerprint density at radius 1 is 1.46 bits per heavy atom. The number of carbonyl (C=O) groups excluding carboxylic acids is 1. The summed E-state index contributed by atoms with van der Waals surface area (Å²) in [6.45, 7) is 2.11. The van der Waals surface area contributed by atoms with Crippen molar-refractivity contribution in [1.82, 2.24) is 15.6 Å². The summed E-state index contributed by atoms with van der Waals surface area (Å²) in [6.07, 6.45) is 3.98. The van der Waals surface area contributed by atoms with Crippen molar-refractivity contribution in [3.05, 3.63) is 46.7 Å². The van der Waals surface area contributed by atoms with Gasteiger partial charge < -0.3 is 15.4 Å². The van der Waals surface area contributed by atoms with E-state index in [-0.39, 0.29) is 30.5 Å². The van der Waals surface area contributed by atoms with Gasteiger partial charge in [0, 0.05) is 17.6 Å². The van der Waals surface area contributed by atoms with Gasteiger partial charge in [-0.3, -0.25) is 0 Å². The third kappa shape index (κ3) is 4.67. The molecule has 5 nitrogen and oxygen atoms in total. The lowest BCUT2D eigenvalue weighted by Gasteiger charge is -2.19. The Kier molecular flexibility index (Phi) is 5.30. The molecule has 128 valence electrons. The summed E-state index contributed by atoms with van der Waals surface area (Å²) in [5.41, 5.74) is 0. The second kappa shape index (κ2) is 7.61. The molecule has 0 spiro atoms. The Morgan fingerprint density at radius 2 is 2.29 bits per heavy atom. The van der Waals surface area contributed by atoms with Gasteiger partial charge in [0.1, 0.15) is 23.2 Å². The second-order valence-corrected chi connectivity index (χ2v) is 6.90. The normalized spacial score (nSPS) is 16.2. The molecule has 1 aliphatic carbocycles. The number of ether oxygens (including phenoxy) is 1. The molecule has 2 amide bonds. The van der Waals surface area contributed by atoms with E-state index in [1.54, 1.807) is 29.7 Å². The Balaban J connectivity index is 1.47. The molecule has 1 aliphatic rings. The van der Waals surface area contributed by atoms with E-state index < -0.39 is 0 Å². The molecule has 0 saturated heterocycles. The lowest BCUT2D eigenvalue weighted by molar-refractivity contribution is 0.221. The number of carbonyl (C=O) groups is 1. The van der Waals surface area contributed by atoms with Crippen LogP contribution in [0.3, 0.4) is 0 Å². The van der Waals surface area contributed by atoms with Crippen LogP contribution in [-0.2, 0) is 0 Å². The molecule has 3 rings (SSSR count). The van der Waals surface area contributed by atoms with Gasteiger partial charge in [-0.1, -0.05) is 6.07 Å². The largest absolute Gasteiger partial charge is 0.491 e. The number of amides is 2. The Morgan fingerprint density at radius 3 is 2.96 bits per heavy atom. The maximum Gasteiger partial charge on any atom is 0.315 e. The third-order valence-corrected chi connectivity index (χ3v) is 4.63. The number of nitrogens with one attached hydrogen (secondary N) is 2. The van der Waals surface area contributed by atoms with E-state index >= 15 is 0 Å². The fourth-order valence-corrected chi connectivity index (χ4v) is 3.21. The summed E-state index contributed by atoms with van der Waals surface area (Å²) in [5.74, 6) is 0.574. The van der Waals surface area contributed by atoms with E-state index in [0.717, 1.165) is 17.8 Å². The van der Waals surface area contributed by atoms with Gasteiger partial charge in [-0.05, 0) is 37.8 Å². The summed E-state index contributed by atoms with van der Waals surface area (Å²) in [5, 5.41) is 8.71. The summed E-state index contributed by atoms with van der Waals surface area (Å²) < 4.78 is 18.6. The van der Waals surface area contributed by atoms with Crippen molar-refractivity contribution in [2.24, 2.45) is 5.92 Å². The van der Waals surface area contributed by atoms with Crippen molar-refractivity contribution < 1.29 is 13.9 Å². The fraction of sp³-hybridized carbons (Fsp3) is 0.412. The van der Waals surface area contributed by atoms with Crippen molar-refractivity contribution in [2.75, 3.05) is 6.61 Å². The smallest absolute Gasteiger partial charge is 0.315 e. The highest BCUT2D eigenvalue weighted by atomic mass is 32.1. The van der Waals surface area contributed by atoms with Gasteiger partial charge in [-0.15, -0.1) is 11.3 Å². The minimum Gasteiger partial charge on any atom is -0.491 e. The van der Waals surface area contributed by atoms with E-state index in [9.17, 15) is 9.18 Å². The molecular formula is C17H20FN3O2S. The van der Waals surface area contributed by atoms with E-state index in [1.165, 1.54) is 12.1 Å². The van der Waals surface area contributed by atoms with E-state index in [2.05, 4.69) is 15.6 Å². The number of thiazole rings is 1. The third-order valence-electron chi connectivity index (χ3n) is 3.77. The van der Waals surface area contributed by atoms with E-state index in [1.807, 2.05) is 12.3 Å². The second-order valence-electron chi connectivity index (χ2n) is 5.97. The first kappa shape index (κ1) is 16.7. The summed E-state index contributed by atoms with van der Waals surface area (Å²) in [6, 6.07) is 5.48. The van der Waals surface area contributed by atoms with Crippen molar-refractivity contribution in [3.8, 4) is 5.75 Å². The van der Waals surface area contributed by atoms with Crippen LogP contribution in [0.4, 0.5) is 9.18 Å². The Bertz CT molecular complexity index is 676.